The lowest BCUT2D eigenvalue weighted by Crippen LogP contribution is -2.10. The van der Waals surface area contributed by atoms with Crippen molar-refractivity contribution in [3.05, 3.63) is 57.9 Å². The molecule has 0 radical (unpaired) electrons. The predicted molar refractivity (Wildman–Crippen MR) is 73.7 cm³/mol. The van der Waals surface area contributed by atoms with Gasteiger partial charge in [-0.3, -0.25) is 10.1 Å². The molecule has 2 aromatic rings. The maximum absolute atomic E-state index is 13.6. The second kappa shape index (κ2) is 5.52. The molecule has 104 valence electrons. The van der Waals surface area contributed by atoms with Crippen molar-refractivity contribution in [1.82, 2.24) is 4.98 Å². The molecular formula is C13H13FN4O2. The Labute approximate surface area is 114 Å². The topological polar surface area (TPSA) is 94.1 Å². The number of pyridine rings is 1. The van der Waals surface area contributed by atoms with Gasteiger partial charge in [-0.05, 0) is 19.1 Å². The molecule has 0 saturated heterocycles. The molecule has 0 aliphatic rings. The highest BCUT2D eigenvalue weighted by Gasteiger charge is 2.15. The maximum atomic E-state index is 13.6. The summed E-state index contributed by atoms with van der Waals surface area (Å²) in [5, 5.41) is 13.6. The minimum absolute atomic E-state index is 0.180. The van der Waals surface area contributed by atoms with E-state index in [0.29, 0.717) is 11.4 Å². The van der Waals surface area contributed by atoms with E-state index in [0.717, 1.165) is 0 Å². The standard InChI is InChI=1S/C13H13FN4O2/c1-8(9-4-2-3-5-10(9)14)16-12-7-6-11(18(19)20)13(15)17-12/h2-8H,1H3,(H3,15,16,17). The number of benzene rings is 1. The SMILES string of the molecule is CC(Nc1ccc([N+](=O)[O-])c(N)n1)c1ccccc1F. The third kappa shape index (κ3) is 2.82. The molecule has 0 spiro atoms. The van der Waals surface area contributed by atoms with Crippen LogP contribution in [-0.4, -0.2) is 9.91 Å². The second-order valence-electron chi connectivity index (χ2n) is 4.25. The van der Waals surface area contributed by atoms with E-state index >= 15 is 0 Å². The van der Waals surface area contributed by atoms with Crippen molar-refractivity contribution in [3.8, 4) is 0 Å². The number of nitrogens with zero attached hydrogens (tertiary/aromatic N) is 2. The molecule has 1 aromatic carbocycles. The zero-order valence-electron chi connectivity index (χ0n) is 10.7. The van der Waals surface area contributed by atoms with Crippen LogP contribution in [0.3, 0.4) is 0 Å². The van der Waals surface area contributed by atoms with Crippen molar-refractivity contribution in [2.24, 2.45) is 0 Å². The number of hydrogen-bond donors (Lipinski definition) is 2. The van der Waals surface area contributed by atoms with E-state index in [4.69, 9.17) is 5.73 Å². The Hall–Kier alpha value is -2.70. The zero-order chi connectivity index (χ0) is 14.7. The molecule has 0 fully saturated rings. The summed E-state index contributed by atoms with van der Waals surface area (Å²) in [7, 11) is 0. The number of aromatic nitrogens is 1. The van der Waals surface area contributed by atoms with Crippen LogP contribution in [-0.2, 0) is 0 Å². The Morgan fingerprint density at radius 2 is 2.05 bits per heavy atom. The van der Waals surface area contributed by atoms with Crippen LogP contribution in [0.2, 0.25) is 0 Å². The van der Waals surface area contributed by atoms with Crippen LogP contribution in [0.5, 0.6) is 0 Å². The van der Waals surface area contributed by atoms with Crippen molar-refractivity contribution >= 4 is 17.3 Å². The van der Waals surface area contributed by atoms with Gasteiger partial charge in [0, 0.05) is 11.6 Å². The van der Waals surface area contributed by atoms with Gasteiger partial charge in [-0.25, -0.2) is 9.37 Å². The highest BCUT2D eigenvalue weighted by Crippen LogP contribution is 2.24. The number of nitrogens with two attached hydrogens (primary N) is 1. The summed E-state index contributed by atoms with van der Waals surface area (Å²) in [5.41, 5.74) is 5.72. The normalized spacial score (nSPS) is 11.9. The first-order valence-corrected chi connectivity index (χ1v) is 5.91. The monoisotopic (exact) mass is 276 g/mol. The minimum atomic E-state index is -0.605. The number of nitrogen functional groups attached to an aromatic ring is 1. The Kier molecular flexibility index (Phi) is 3.79. The van der Waals surface area contributed by atoms with Crippen LogP contribution in [0.25, 0.3) is 0 Å². The number of halogens is 1. The third-order valence-electron chi connectivity index (χ3n) is 2.84. The van der Waals surface area contributed by atoms with Crippen LogP contribution in [0.4, 0.5) is 21.7 Å². The fraction of sp³-hybridized carbons (Fsp3) is 0.154. The van der Waals surface area contributed by atoms with Gasteiger partial charge in [0.05, 0.1) is 11.0 Å². The molecule has 0 saturated carbocycles. The van der Waals surface area contributed by atoms with Crippen molar-refractivity contribution in [1.29, 1.82) is 0 Å². The van der Waals surface area contributed by atoms with Crippen LogP contribution >= 0.6 is 0 Å². The summed E-state index contributed by atoms with van der Waals surface area (Å²) in [6, 6.07) is 8.71. The van der Waals surface area contributed by atoms with Gasteiger partial charge in [-0.2, -0.15) is 0 Å². The maximum Gasteiger partial charge on any atom is 0.311 e. The number of nitrogens with one attached hydrogen (secondary N) is 1. The summed E-state index contributed by atoms with van der Waals surface area (Å²) < 4.78 is 13.6. The van der Waals surface area contributed by atoms with Crippen LogP contribution in [0.15, 0.2) is 36.4 Å². The van der Waals surface area contributed by atoms with E-state index in [1.807, 2.05) is 0 Å². The van der Waals surface area contributed by atoms with Crippen LogP contribution < -0.4 is 11.1 Å². The van der Waals surface area contributed by atoms with E-state index in [1.165, 1.54) is 18.2 Å². The van der Waals surface area contributed by atoms with E-state index in [2.05, 4.69) is 10.3 Å². The van der Waals surface area contributed by atoms with E-state index in [1.54, 1.807) is 25.1 Å². The van der Waals surface area contributed by atoms with Gasteiger partial charge in [0.15, 0.2) is 0 Å². The number of hydrogen-bond acceptors (Lipinski definition) is 5. The zero-order valence-corrected chi connectivity index (χ0v) is 10.7. The van der Waals surface area contributed by atoms with Crippen LogP contribution in [0, 0.1) is 15.9 Å². The van der Waals surface area contributed by atoms with Crippen LogP contribution in [0.1, 0.15) is 18.5 Å². The van der Waals surface area contributed by atoms with Gasteiger partial charge < -0.3 is 11.1 Å². The number of rotatable bonds is 4. The molecule has 1 aromatic heterocycles. The Morgan fingerprint density at radius 3 is 2.65 bits per heavy atom. The first kappa shape index (κ1) is 13.7. The molecule has 0 aliphatic carbocycles. The van der Waals surface area contributed by atoms with Crippen molar-refractivity contribution in [2.75, 3.05) is 11.1 Å². The van der Waals surface area contributed by atoms with Gasteiger partial charge in [0.25, 0.3) is 0 Å². The molecule has 2 rings (SSSR count). The quantitative estimate of drug-likeness (QED) is 0.661. The summed E-state index contributed by atoms with van der Waals surface area (Å²) in [4.78, 5) is 13.9. The van der Waals surface area contributed by atoms with Gasteiger partial charge in [-0.15, -0.1) is 0 Å². The average molecular weight is 276 g/mol. The minimum Gasteiger partial charge on any atom is -0.378 e. The highest BCUT2D eigenvalue weighted by atomic mass is 19.1. The summed E-state index contributed by atoms with van der Waals surface area (Å²) in [6.07, 6.45) is 0. The Balaban J connectivity index is 2.20. The summed E-state index contributed by atoms with van der Waals surface area (Å²) >= 11 is 0. The molecule has 0 bridgehead atoms. The van der Waals surface area contributed by atoms with Crippen molar-refractivity contribution in [2.45, 2.75) is 13.0 Å². The summed E-state index contributed by atoms with van der Waals surface area (Å²) in [6.45, 7) is 1.76. The van der Waals surface area contributed by atoms with Gasteiger partial charge >= 0.3 is 5.69 Å². The molecule has 7 heteroatoms. The Morgan fingerprint density at radius 1 is 1.35 bits per heavy atom. The molecule has 20 heavy (non-hydrogen) atoms. The molecule has 0 aliphatic heterocycles. The molecule has 1 atom stereocenters. The van der Waals surface area contributed by atoms with Gasteiger partial charge in [0.1, 0.15) is 11.6 Å². The van der Waals surface area contributed by atoms with Crippen molar-refractivity contribution < 1.29 is 9.31 Å². The number of anilines is 2. The van der Waals surface area contributed by atoms with Gasteiger partial charge in [-0.1, -0.05) is 18.2 Å². The lowest BCUT2D eigenvalue weighted by atomic mass is 10.1. The van der Waals surface area contributed by atoms with E-state index < -0.39 is 4.92 Å². The van der Waals surface area contributed by atoms with E-state index in [9.17, 15) is 14.5 Å². The second-order valence-corrected chi connectivity index (χ2v) is 4.25. The van der Waals surface area contributed by atoms with Crippen molar-refractivity contribution in [3.63, 3.8) is 0 Å². The van der Waals surface area contributed by atoms with Gasteiger partial charge in [0.2, 0.25) is 5.82 Å². The molecule has 0 amide bonds. The molecule has 6 nitrogen and oxygen atoms in total. The summed E-state index contributed by atoms with van der Waals surface area (Å²) in [5.74, 6) is -0.160. The smallest absolute Gasteiger partial charge is 0.311 e. The first-order chi connectivity index (χ1) is 9.49. The fourth-order valence-corrected chi connectivity index (χ4v) is 1.83. The average Bonchev–Trinajstić information content (AvgIpc) is 2.38. The fourth-order valence-electron chi connectivity index (χ4n) is 1.83. The number of nitro groups is 1. The highest BCUT2D eigenvalue weighted by molar-refractivity contribution is 5.57. The first-order valence-electron chi connectivity index (χ1n) is 5.91. The predicted octanol–water partition coefficient (Wildman–Crippen LogP) is 2.88. The molecular weight excluding hydrogens is 263 g/mol. The Bertz CT molecular complexity index is 648. The molecule has 1 heterocycles. The largest absolute Gasteiger partial charge is 0.378 e. The lowest BCUT2D eigenvalue weighted by molar-refractivity contribution is -0.384. The molecule has 1 unspecified atom stereocenters. The van der Waals surface area contributed by atoms with E-state index in [-0.39, 0.29) is 23.4 Å². The lowest BCUT2D eigenvalue weighted by Gasteiger charge is -2.15. The third-order valence-corrected chi connectivity index (χ3v) is 2.84. The molecule has 3 N–H and O–H groups in total.